The second-order valence-electron chi connectivity index (χ2n) is 24.7. The van der Waals surface area contributed by atoms with Crippen molar-refractivity contribution in [2.75, 3.05) is 4.90 Å². The van der Waals surface area contributed by atoms with Gasteiger partial charge in [0.15, 0.2) is 0 Å². The third kappa shape index (κ3) is 6.83. The van der Waals surface area contributed by atoms with Crippen molar-refractivity contribution in [3.05, 3.63) is 344 Å². The number of hydrogen-bond donors (Lipinski definition) is 0. The van der Waals surface area contributed by atoms with Gasteiger partial charge in [-0.2, -0.15) is 0 Å². The number of rotatable bonds is 6. The lowest BCUT2D eigenvalue weighted by atomic mass is 9.34. The molecule has 0 radical (unpaired) electrons. The number of benzene rings is 14. The maximum absolute atomic E-state index is 2.66. The fourth-order valence-corrected chi connectivity index (χ4v) is 19.4. The van der Waals surface area contributed by atoms with Gasteiger partial charge in [0.05, 0.1) is 27.5 Å². The molecule has 2 aromatic heterocycles. The highest BCUT2D eigenvalue weighted by Gasteiger charge is 2.52. The Hall–Kier alpha value is -11.0. The van der Waals surface area contributed by atoms with Gasteiger partial charge in [-0.1, -0.05) is 260 Å². The van der Waals surface area contributed by atoms with Gasteiger partial charge in [0.1, 0.15) is 0 Å². The van der Waals surface area contributed by atoms with Crippen LogP contribution in [-0.4, -0.2) is 15.8 Å². The van der Waals surface area contributed by atoms with E-state index in [9.17, 15) is 0 Å². The third-order valence-electron chi connectivity index (χ3n) is 20.3. The molecule has 1 unspecified atom stereocenters. The normalized spacial score (nSPS) is 14.4. The first-order valence-corrected chi connectivity index (χ1v) is 32.7. The van der Waals surface area contributed by atoms with Gasteiger partial charge in [-0.05, 0) is 168 Å². The molecule has 3 nitrogen and oxygen atoms in total. The zero-order valence-electron chi connectivity index (χ0n) is 49.0. The molecule has 2 aliphatic heterocycles. The van der Waals surface area contributed by atoms with E-state index in [1.54, 1.807) is 0 Å². The molecule has 0 saturated carbocycles. The summed E-state index contributed by atoms with van der Waals surface area (Å²) in [6, 6.07) is 122. The maximum atomic E-state index is 2.66. The van der Waals surface area contributed by atoms with Crippen LogP contribution in [0.5, 0.6) is 0 Å². The standard InChI is InChI=1S/C85H53BN3P/c1-3-22-54(23-4-1)56-42-46-80-74(48-56)86-75-49-57(55-24-5-2-6-25-55)43-47-82(75)90(61-27-21-26-58(50-61)87-76-38-17-10-31-65(76)66-32-11-18-39-77(66)87)83-53-60(89-78-40-19-12-33-67(78)68-34-13-20-41-79(68)89)52-81(84(83)86)88(80)59-44-45-73-69(51-59)64-30-9-16-37-72(64)85(73)70-35-14-7-28-62(70)63-29-8-15-36-71(63)85/h1-53H. The van der Waals surface area contributed by atoms with E-state index >= 15 is 0 Å². The molecule has 1 atom stereocenters. The number of nitrogens with zero attached hydrogens (tertiary/aromatic N) is 3. The van der Waals surface area contributed by atoms with Crippen LogP contribution in [0, 0.1) is 0 Å². The molecular weight excluding hydrogens is 1100 g/mol. The summed E-state index contributed by atoms with van der Waals surface area (Å²) in [5.74, 6) is 0. The maximum Gasteiger partial charge on any atom is 0.248 e. The Morgan fingerprint density at radius 2 is 0.756 bits per heavy atom. The predicted octanol–water partition coefficient (Wildman–Crippen LogP) is 17.9. The summed E-state index contributed by atoms with van der Waals surface area (Å²) in [6.07, 6.45) is 0. The summed E-state index contributed by atoms with van der Waals surface area (Å²) in [6.45, 7) is -0.111. The molecule has 20 rings (SSSR count). The first-order chi connectivity index (χ1) is 44.7. The van der Waals surface area contributed by atoms with Gasteiger partial charge in [-0.15, -0.1) is 0 Å². The van der Waals surface area contributed by atoms with Crippen LogP contribution in [0.25, 0.3) is 99.5 Å². The lowest BCUT2D eigenvalue weighted by Gasteiger charge is -2.43. The highest BCUT2D eigenvalue weighted by atomic mass is 31.1. The van der Waals surface area contributed by atoms with Gasteiger partial charge in [-0.3, -0.25) is 0 Å². The Kier molecular flexibility index (Phi) is 10.6. The van der Waals surface area contributed by atoms with E-state index in [0.717, 1.165) is 17.1 Å². The van der Waals surface area contributed by atoms with E-state index in [-0.39, 0.29) is 6.71 Å². The fraction of sp³-hybridized carbons (Fsp3) is 0.0118. The molecule has 14 aromatic carbocycles. The van der Waals surface area contributed by atoms with Crippen LogP contribution >= 0.6 is 7.92 Å². The minimum Gasteiger partial charge on any atom is -0.311 e. The molecule has 4 aliphatic rings. The third-order valence-corrected chi connectivity index (χ3v) is 22.8. The van der Waals surface area contributed by atoms with E-state index in [4.69, 9.17) is 0 Å². The van der Waals surface area contributed by atoms with E-state index in [2.05, 4.69) is 336 Å². The van der Waals surface area contributed by atoms with Crippen molar-refractivity contribution in [2.45, 2.75) is 5.41 Å². The second kappa shape index (κ2) is 19.0. The van der Waals surface area contributed by atoms with Crippen molar-refractivity contribution >= 4 is 108 Å². The van der Waals surface area contributed by atoms with Gasteiger partial charge in [-0.25, -0.2) is 0 Å². The zero-order valence-corrected chi connectivity index (χ0v) is 49.9. The summed E-state index contributed by atoms with van der Waals surface area (Å²) in [5.41, 5.74) is 29.6. The van der Waals surface area contributed by atoms with Crippen molar-refractivity contribution in [3.8, 4) is 55.9 Å². The summed E-state index contributed by atoms with van der Waals surface area (Å²) in [5, 5.41) is 9.07. The van der Waals surface area contributed by atoms with Crippen LogP contribution in [-0.2, 0) is 5.41 Å². The molecule has 4 heterocycles. The van der Waals surface area contributed by atoms with E-state index in [1.165, 1.54) is 154 Å². The smallest absolute Gasteiger partial charge is 0.248 e. The van der Waals surface area contributed by atoms with Gasteiger partial charge in [0.2, 0.25) is 6.71 Å². The molecule has 416 valence electrons. The summed E-state index contributed by atoms with van der Waals surface area (Å²) >= 11 is 0. The molecular formula is C85H53BN3P. The Balaban J connectivity index is 0.906. The topological polar surface area (TPSA) is 13.1 Å². The molecule has 5 heteroatoms. The van der Waals surface area contributed by atoms with Crippen molar-refractivity contribution < 1.29 is 0 Å². The molecule has 1 spiro atoms. The average molecular weight is 1160 g/mol. The van der Waals surface area contributed by atoms with Crippen LogP contribution in [0.3, 0.4) is 0 Å². The minimum absolute atomic E-state index is 0.111. The Bertz CT molecular complexity index is 5570. The lowest BCUT2D eigenvalue weighted by molar-refractivity contribution is 0.794. The summed E-state index contributed by atoms with van der Waals surface area (Å²) in [4.78, 5) is 2.66. The van der Waals surface area contributed by atoms with Crippen LogP contribution < -0.4 is 37.2 Å². The van der Waals surface area contributed by atoms with E-state index in [0.29, 0.717) is 0 Å². The van der Waals surface area contributed by atoms with Crippen molar-refractivity contribution in [1.29, 1.82) is 0 Å². The lowest BCUT2D eigenvalue weighted by Crippen LogP contribution is -2.67. The molecule has 90 heavy (non-hydrogen) atoms. The van der Waals surface area contributed by atoms with Gasteiger partial charge >= 0.3 is 0 Å². The SMILES string of the molecule is c1ccc(-c2ccc3c(c2)B2c4cc(-c5ccccc5)ccc4P(c4cccc(-n5c6ccccc6c6ccccc65)c4)c4cc(-n5c6ccccc6c6ccccc65)cc(c42)N3c2ccc3c(c2)-c2ccccc2C32c3ccccc3-c3ccccc32)cc1. The second-order valence-corrected chi connectivity index (χ2v) is 26.8. The van der Waals surface area contributed by atoms with E-state index < -0.39 is 13.3 Å². The Morgan fingerprint density at radius 3 is 1.33 bits per heavy atom. The number of para-hydroxylation sites is 4. The molecule has 0 amide bonds. The largest absolute Gasteiger partial charge is 0.311 e. The first-order valence-electron chi connectivity index (χ1n) is 31.4. The van der Waals surface area contributed by atoms with Crippen molar-refractivity contribution in [3.63, 3.8) is 0 Å². The van der Waals surface area contributed by atoms with Crippen LogP contribution in [0.4, 0.5) is 17.1 Å². The fourth-order valence-electron chi connectivity index (χ4n) is 16.7. The van der Waals surface area contributed by atoms with Crippen LogP contribution in [0.1, 0.15) is 22.3 Å². The minimum atomic E-state index is -1.23. The average Bonchev–Trinajstić information content (AvgIpc) is 1.69. The molecule has 0 saturated heterocycles. The quantitative estimate of drug-likeness (QED) is 0.119. The van der Waals surface area contributed by atoms with Gasteiger partial charge < -0.3 is 14.0 Å². The number of hydrogen-bond acceptors (Lipinski definition) is 1. The van der Waals surface area contributed by atoms with Gasteiger partial charge in [0.25, 0.3) is 0 Å². The highest BCUT2D eigenvalue weighted by Crippen LogP contribution is 2.63. The first kappa shape index (κ1) is 50.0. The Labute approximate surface area is 523 Å². The molecule has 16 aromatic rings. The molecule has 0 fully saturated rings. The monoisotopic (exact) mass is 1160 g/mol. The Morgan fingerprint density at radius 1 is 0.278 bits per heavy atom. The van der Waals surface area contributed by atoms with Crippen LogP contribution in [0.15, 0.2) is 322 Å². The number of aromatic nitrogens is 2. The zero-order chi connectivity index (χ0) is 58.8. The van der Waals surface area contributed by atoms with Gasteiger partial charge in [0, 0.05) is 50.0 Å². The summed E-state index contributed by atoms with van der Waals surface area (Å²) < 4.78 is 5.04. The predicted molar refractivity (Wildman–Crippen MR) is 380 cm³/mol. The number of anilines is 3. The molecule has 2 aliphatic carbocycles. The number of fused-ring (bicyclic) bond motifs is 20. The van der Waals surface area contributed by atoms with E-state index in [1.807, 2.05) is 0 Å². The van der Waals surface area contributed by atoms with Crippen LogP contribution in [0.2, 0.25) is 0 Å². The van der Waals surface area contributed by atoms with Crippen molar-refractivity contribution in [2.24, 2.45) is 0 Å². The summed E-state index contributed by atoms with van der Waals surface area (Å²) in [7, 11) is -1.23. The highest BCUT2D eigenvalue weighted by molar-refractivity contribution is 7.81. The van der Waals surface area contributed by atoms with Crippen molar-refractivity contribution in [1.82, 2.24) is 9.13 Å². The molecule has 0 N–H and O–H groups in total. The molecule has 0 bridgehead atoms.